The largest absolute Gasteiger partial charge is 0.374 e. The first-order valence-electron chi connectivity index (χ1n) is 7.90. The second kappa shape index (κ2) is 8.93. The number of ether oxygens (including phenoxy) is 1. The Labute approximate surface area is 134 Å². The number of nitrogens with one attached hydrogen (secondary N) is 1. The Morgan fingerprint density at radius 3 is 2.71 bits per heavy atom. The van der Waals surface area contributed by atoms with Crippen molar-refractivity contribution in [2.24, 2.45) is 11.1 Å². The highest BCUT2D eigenvalue weighted by atomic mass is 35.5. The summed E-state index contributed by atoms with van der Waals surface area (Å²) in [6.45, 7) is 3.86. The summed E-state index contributed by atoms with van der Waals surface area (Å²) in [5.74, 6) is 0.133. The Morgan fingerprint density at radius 2 is 2.10 bits per heavy atom. The van der Waals surface area contributed by atoms with Crippen LogP contribution in [0, 0.1) is 5.41 Å². The van der Waals surface area contributed by atoms with Crippen LogP contribution in [0.5, 0.6) is 0 Å². The van der Waals surface area contributed by atoms with E-state index in [0.29, 0.717) is 19.5 Å². The molecule has 0 spiro atoms. The molecule has 21 heavy (non-hydrogen) atoms. The van der Waals surface area contributed by atoms with Gasteiger partial charge in [-0.05, 0) is 31.8 Å². The highest BCUT2D eigenvalue weighted by molar-refractivity contribution is 5.85. The average Bonchev–Trinajstić information content (AvgIpc) is 2.46. The van der Waals surface area contributed by atoms with Gasteiger partial charge < -0.3 is 20.7 Å². The van der Waals surface area contributed by atoms with E-state index in [1.807, 2.05) is 0 Å². The second-order valence-electron chi connectivity index (χ2n) is 6.50. The first-order chi connectivity index (χ1) is 9.63. The predicted octanol–water partition coefficient (Wildman–Crippen LogP) is 1.15. The molecule has 0 aromatic carbocycles. The molecule has 3 N–H and O–H groups in total. The standard InChI is InChI=1S/C15H29N3O2.ClH/c1-18-7-8-20-13(11-18)10-17-14(19)9-15(12-16)5-3-2-4-6-15;/h13H,2-12,16H2,1H3,(H,17,19);1H. The number of rotatable bonds is 5. The van der Waals surface area contributed by atoms with Crippen molar-refractivity contribution in [1.82, 2.24) is 10.2 Å². The van der Waals surface area contributed by atoms with E-state index in [1.165, 1.54) is 19.3 Å². The fraction of sp³-hybridized carbons (Fsp3) is 0.933. The predicted molar refractivity (Wildman–Crippen MR) is 86.7 cm³/mol. The molecular weight excluding hydrogens is 290 g/mol. The Morgan fingerprint density at radius 1 is 1.38 bits per heavy atom. The Hall–Kier alpha value is -0.360. The molecule has 6 heteroatoms. The summed E-state index contributed by atoms with van der Waals surface area (Å²) in [7, 11) is 2.09. The van der Waals surface area contributed by atoms with E-state index in [1.54, 1.807) is 0 Å². The summed E-state index contributed by atoms with van der Waals surface area (Å²) >= 11 is 0. The van der Waals surface area contributed by atoms with Crippen LogP contribution in [0.25, 0.3) is 0 Å². The first kappa shape index (κ1) is 18.7. The minimum atomic E-state index is 0. The summed E-state index contributed by atoms with van der Waals surface area (Å²) in [6, 6.07) is 0. The lowest BCUT2D eigenvalue weighted by Crippen LogP contribution is -2.47. The quantitative estimate of drug-likeness (QED) is 0.798. The average molecular weight is 320 g/mol. The third-order valence-corrected chi connectivity index (χ3v) is 4.75. The van der Waals surface area contributed by atoms with E-state index in [-0.39, 0.29) is 29.8 Å². The van der Waals surface area contributed by atoms with E-state index in [0.717, 1.165) is 32.5 Å². The Kier molecular flexibility index (Phi) is 7.95. The Bertz CT molecular complexity index is 322. The molecule has 1 saturated heterocycles. The van der Waals surface area contributed by atoms with Gasteiger partial charge in [0.05, 0.1) is 12.7 Å². The summed E-state index contributed by atoms with van der Waals surface area (Å²) in [4.78, 5) is 14.4. The molecule has 1 aliphatic heterocycles. The number of hydrogen-bond donors (Lipinski definition) is 2. The lowest BCUT2D eigenvalue weighted by molar-refractivity contribution is -0.125. The van der Waals surface area contributed by atoms with Crippen molar-refractivity contribution in [3.8, 4) is 0 Å². The molecule has 0 radical (unpaired) electrons. The van der Waals surface area contributed by atoms with Crippen LogP contribution in [0.2, 0.25) is 0 Å². The van der Waals surface area contributed by atoms with Crippen molar-refractivity contribution < 1.29 is 9.53 Å². The second-order valence-corrected chi connectivity index (χ2v) is 6.50. The van der Waals surface area contributed by atoms with Gasteiger partial charge in [0.2, 0.25) is 5.91 Å². The third kappa shape index (κ3) is 5.74. The van der Waals surface area contributed by atoms with Crippen LogP contribution in [0.1, 0.15) is 38.5 Å². The fourth-order valence-electron chi connectivity index (χ4n) is 3.38. The lowest BCUT2D eigenvalue weighted by Gasteiger charge is -2.36. The van der Waals surface area contributed by atoms with Crippen LogP contribution in [-0.4, -0.2) is 56.7 Å². The smallest absolute Gasteiger partial charge is 0.220 e. The lowest BCUT2D eigenvalue weighted by atomic mass is 9.71. The molecule has 2 fully saturated rings. The number of nitrogens with two attached hydrogens (primary N) is 1. The van der Waals surface area contributed by atoms with Crippen LogP contribution in [0.4, 0.5) is 0 Å². The van der Waals surface area contributed by atoms with E-state index >= 15 is 0 Å². The van der Waals surface area contributed by atoms with Gasteiger partial charge in [0.1, 0.15) is 0 Å². The first-order valence-corrected chi connectivity index (χ1v) is 7.90. The summed E-state index contributed by atoms with van der Waals surface area (Å²) < 4.78 is 5.66. The van der Waals surface area contributed by atoms with Crippen molar-refractivity contribution >= 4 is 18.3 Å². The molecular formula is C15H30ClN3O2. The monoisotopic (exact) mass is 319 g/mol. The van der Waals surface area contributed by atoms with E-state index in [4.69, 9.17) is 10.5 Å². The maximum atomic E-state index is 12.2. The minimum Gasteiger partial charge on any atom is -0.374 e. The molecule has 1 saturated carbocycles. The third-order valence-electron chi connectivity index (χ3n) is 4.75. The van der Waals surface area contributed by atoms with E-state index in [2.05, 4.69) is 17.3 Å². The highest BCUT2D eigenvalue weighted by Gasteiger charge is 2.33. The van der Waals surface area contributed by atoms with Crippen LogP contribution in [0.3, 0.4) is 0 Å². The SMILES string of the molecule is CN1CCOC(CNC(=O)CC2(CN)CCCCC2)C1.Cl. The number of halogens is 1. The fourth-order valence-corrected chi connectivity index (χ4v) is 3.38. The van der Waals surface area contributed by atoms with Crippen molar-refractivity contribution in [2.45, 2.75) is 44.6 Å². The number of amides is 1. The zero-order valence-corrected chi connectivity index (χ0v) is 13.9. The molecule has 2 aliphatic rings. The van der Waals surface area contributed by atoms with Gasteiger partial charge in [-0.3, -0.25) is 4.79 Å². The summed E-state index contributed by atoms with van der Waals surface area (Å²) in [5, 5.41) is 3.03. The van der Waals surface area contributed by atoms with Crippen molar-refractivity contribution in [1.29, 1.82) is 0 Å². The molecule has 5 nitrogen and oxygen atoms in total. The van der Waals surface area contributed by atoms with E-state index < -0.39 is 0 Å². The van der Waals surface area contributed by atoms with Crippen LogP contribution >= 0.6 is 12.4 Å². The molecule has 1 unspecified atom stereocenters. The van der Waals surface area contributed by atoms with Gasteiger partial charge in [0.15, 0.2) is 0 Å². The zero-order valence-electron chi connectivity index (χ0n) is 13.1. The van der Waals surface area contributed by atoms with Crippen LogP contribution in [0.15, 0.2) is 0 Å². The zero-order chi connectivity index (χ0) is 14.4. The van der Waals surface area contributed by atoms with Gasteiger partial charge in [0.25, 0.3) is 0 Å². The number of nitrogens with zero attached hydrogens (tertiary/aromatic N) is 1. The van der Waals surface area contributed by atoms with Gasteiger partial charge >= 0.3 is 0 Å². The van der Waals surface area contributed by atoms with Crippen molar-refractivity contribution in [3.63, 3.8) is 0 Å². The summed E-state index contributed by atoms with van der Waals surface area (Å²) in [6.07, 6.45) is 6.59. The van der Waals surface area contributed by atoms with Gasteiger partial charge in [-0.25, -0.2) is 0 Å². The topological polar surface area (TPSA) is 67.6 Å². The number of likely N-dealkylation sites (N-methyl/N-ethyl adjacent to an activating group) is 1. The van der Waals surface area contributed by atoms with Crippen molar-refractivity contribution in [3.05, 3.63) is 0 Å². The number of carbonyl (C=O) groups excluding carboxylic acids is 1. The highest BCUT2D eigenvalue weighted by Crippen LogP contribution is 2.38. The number of morpholine rings is 1. The minimum absolute atomic E-state index is 0. The van der Waals surface area contributed by atoms with Crippen LogP contribution in [-0.2, 0) is 9.53 Å². The molecule has 0 bridgehead atoms. The Balaban J connectivity index is 0.00000220. The normalized spacial score (nSPS) is 25.9. The summed E-state index contributed by atoms with van der Waals surface area (Å²) in [5.41, 5.74) is 5.98. The van der Waals surface area contributed by atoms with Gasteiger partial charge in [-0.15, -0.1) is 12.4 Å². The molecule has 1 atom stereocenters. The molecule has 2 rings (SSSR count). The van der Waals surface area contributed by atoms with Crippen molar-refractivity contribution in [2.75, 3.05) is 39.8 Å². The molecule has 1 heterocycles. The molecule has 1 aliphatic carbocycles. The van der Waals surface area contributed by atoms with E-state index in [9.17, 15) is 4.79 Å². The molecule has 1 amide bonds. The number of carbonyl (C=O) groups is 1. The van der Waals surface area contributed by atoms with Gasteiger partial charge in [0, 0.05) is 26.1 Å². The van der Waals surface area contributed by atoms with Gasteiger partial charge in [-0.1, -0.05) is 19.3 Å². The van der Waals surface area contributed by atoms with Crippen LogP contribution < -0.4 is 11.1 Å². The maximum Gasteiger partial charge on any atom is 0.220 e. The number of hydrogen-bond acceptors (Lipinski definition) is 4. The molecule has 0 aromatic heterocycles. The maximum absolute atomic E-state index is 12.2. The molecule has 0 aromatic rings. The van der Waals surface area contributed by atoms with Gasteiger partial charge in [-0.2, -0.15) is 0 Å². The molecule has 124 valence electrons.